The lowest BCUT2D eigenvalue weighted by molar-refractivity contribution is -0.162. The number of para-hydroxylation sites is 1. The van der Waals surface area contributed by atoms with Gasteiger partial charge in [-0.2, -0.15) is 10.5 Å². The Morgan fingerprint density at radius 3 is 2.22 bits per heavy atom. The lowest BCUT2D eigenvalue weighted by atomic mass is 9.66. The summed E-state index contributed by atoms with van der Waals surface area (Å²) in [5.41, 5.74) is -4.60. The maximum Gasteiger partial charge on any atom is 0.376 e. The summed E-state index contributed by atoms with van der Waals surface area (Å²) in [6.07, 6.45) is 0. The number of nitriles is 2. The number of methoxy groups -OCH3 is 2. The molecule has 0 saturated carbocycles. The number of ketones is 1. The van der Waals surface area contributed by atoms with E-state index in [9.17, 15) is 24.9 Å². The van der Waals surface area contributed by atoms with E-state index in [0.717, 1.165) is 14.2 Å². The molecule has 116 valence electrons. The zero-order chi connectivity index (χ0) is 17.3. The van der Waals surface area contributed by atoms with Gasteiger partial charge in [0.25, 0.3) is 5.78 Å². The number of benzene rings is 1. The predicted molar refractivity (Wildman–Crippen MR) is 74.7 cm³/mol. The smallest absolute Gasteiger partial charge is 0.376 e. The van der Waals surface area contributed by atoms with Gasteiger partial charge >= 0.3 is 11.9 Å². The number of fused-ring (bicyclic) bond motifs is 1. The summed E-state index contributed by atoms with van der Waals surface area (Å²) >= 11 is 0. The fourth-order valence-electron chi connectivity index (χ4n) is 2.71. The minimum Gasteiger partial charge on any atom is -0.468 e. The fourth-order valence-corrected chi connectivity index (χ4v) is 2.71. The summed E-state index contributed by atoms with van der Waals surface area (Å²) in [6, 6.07) is 9.22. The van der Waals surface area contributed by atoms with E-state index in [1.54, 1.807) is 18.2 Å². The Labute approximate surface area is 131 Å². The molecule has 2 rings (SSSR count). The van der Waals surface area contributed by atoms with Crippen molar-refractivity contribution < 1.29 is 23.9 Å². The molecule has 0 aromatic heterocycles. The minimum absolute atomic E-state index is 0.00495. The third-order valence-electron chi connectivity index (χ3n) is 3.75. The minimum atomic E-state index is -2.48. The topological polar surface area (TPSA) is 129 Å². The molecule has 1 unspecified atom stereocenters. The Morgan fingerprint density at radius 2 is 1.70 bits per heavy atom. The summed E-state index contributed by atoms with van der Waals surface area (Å²) in [6.45, 7) is 0. The van der Waals surface area contributed by atoms with Crippen molar-refractivity contribution in [2.45, 2.75) is 11.0 Å². The second kappa shape index (κ2) is 5.43. The van der Waals surface area contributed by atoms with Crippen molar-refractivity contribution in [1.82, 2.24) is 0 Å². The zero-order valence-corrected chi connectivity index (χ0v) is 12.2. The average molecular weight is 313 g/mol. The van der Waals surface area contributed by atoms with Crippen LogP contribution in [0.1, 0.15) is 5.56 Å². The molecule has 1 aromatic rings. The van der Waals surface area contributed by atoms with Gasteiger partial charge in [-0.15, -0.1) is 0 Å². The zero-order valence-electron chi connectivity index (χ0n) is 12.2. The molecule has 0 bridgehead atoms. The summed E-state index contributed by atoms with van der Waals surface area (Å²) in [5.74, 6) is -3.91. The lowest BCUT2D eigenvalue weighted by Crippen LogP contribution is -2.62. The van der Waals surface area contributed by atoms with Crippen molar-refractivity contribution >= 4 is 23.4 Å². The highest BCUT2D eigenvalue weighted by atomic mass is 16.5. The third-order valence-corrected chi connectivity index (χ3v) is 3.75. The number of carbonyl (C=O) groups excluding carboxylic acids is 3. The highest BCUT2D eigenvalue weighted by Gasteiger charge is 2.71. The molecule has 1 aliphatic heterocycles. The van der Waals surface area contributed by atoms with E-state index in [1.165, 1.54) is 18.2 Å². The third kappa shape index (κ3) is 1.79. The van der Waals surface area contributed by atoms with E-state index in [0.29, 0.717) is 0 Å². The monoisotopic (exact) mass is 313 g/mol. The van der Waals surface area contributed by atoms with Gasteiger partial charge in [0.15, 0.2) is 0 Å². The van der Waals surface area contributed by atoms with Crippen molar-refractivity contribution in [3.63, 3.8) is 0 Å². The summed E-state index contributed by atoms with van der Waals surface area (Å²) in [5, 5.41) is 21.6. The SMILES string of the molecule is COC(=O)C(=O)C1(C(=O)OC)c2ccccc2NC1(C#N)C#N. The van der Waals surface area contributed by atoms with Gasteiger partial charge in [-0.05, 0) is 6.07 Å². The molecular weight excluding hydrogens is 302 g/mol. The summed E-state index contributed by atoms with van der Waals surface area (Å²) < 4.78 is 9.06. The molecule has 0 fully saturated rings. The Balaban J connectivity index is 2.93. The number of esters is 2. The van der Waals surface area contributed by atoms with Crippen molar-refractivity contribution in [3.05, 3.63) is 29.8 Å². The number of carbonyl (C=O) groups is 3. The summed E-state index contributed by atoms with van der Waals surface area (Å²) in [7, 11) is 1.95. The van der Waals surface area contributed by atoms with Crippen LogP contribution < -0.4 is 5.32 Å². The molecular formula is C15H11N3O5. The van der Waals surface area contributed by atoms with Gasteiger partial charge in [0, 0.05) is 11.3 Å². The van der Waals surface area contributed by atoms with E-state index in [2.05, 4.69) is 14.8 Å². The van der Waals surface area contributed by atoms with Crippen molar-refractivity contribution in [2.75, 3.05) is 19.5 Å². The number of ether oxygens (including phenoxy) is 2. The Bertz CT molecular complexity index is 775. The quantitative estimate of drug-likeness (QED) is 0.471. The Kier molecular flexibility index (Phi) is 3.77. The van der Waals surface area contributed by atoms with Gasteiger partial charge in [-0.25, -0.2) is 4.79 Å². The molecule has 0 radical (unpaired) electrons. The van der Waals surface area contributed by atoms with Crippen LogP contribution in [-0.4, -0.2) is 37.5 Å². The van der Waals surface area contributed by atoms with Crippen LogP contribution >= 0.6 is 0 Å². The number of anilines is 1. The molecule has 1 atom stereocenters. The van der Waals surface area contributed by atoms with Crippen LogP contribution in [0.3, 0.4) is 0 Å². The molecule has 1 aliphatic rings. The highest BCUT2D eigenvalue weighted by Crippen LogP contribution is 2.49. The molecule has 1 heterocycles. The largest absolute Gasteiger partial charge is 0.468 e. The van der Waals surface area contributed by atoms with E-state index >= 15 is 0 Å². The van der Waals surface area contributed by atoms with E-state index < -0.39 is 28.7 Å². The Hall–Kier alpha value is -3.39. The number of hydrogen-bond donors (Lipinski definition) is 1. The molecule has 8 nitrogen and oxygen atoms in total. The number of Topliss-reactive ketones (excluding diaryl/α,β-unsaturated/α-hetero) is 1. The normalized spacial score (nSPS) is 20.2. The highest BCUT2D eigenvalue weighted by molar-refractivity contribution is 6.43. The van der Waals surface area contributed by atoms with Crippen molar-refractivity contribution in [2.24, 2.45) is 0 Å². The van der Waals surface area contributed by atoms with Gasteiger partial charge in [0.1, 0.15) is 12.1 Å². The summed E-state index contributed by atoms with van der Waals surface area (Å²) in [4.78, 5) is 37.0. The molecule has 1 aromatic carbocycles. The second-order valence-corrected chi connectivity index (χ2v) is 4.71. The van der Waals surface area contributed by atoms with Gasteiger partial charge in [0.05, 0.1) is 14.2 Å². The average Bonchev–Trinajstić information content (AvgIpc) is 2.91. The van der Waals surface area contributed by atoms with Gasteiger partial charge in [-0.1, -0.05) is 18.2 Å². The second-order valence-electron chi connectivity index (χ2n) is 4.71. The molecule has 8 heteroatoms. The lowest BCUT2D eigenvalue weighted by Gasteiger charge is -2.31. The maximum absolute atomic E-state index is 12.7. The van der Waals surface area contributed by atoms with Crippen LogP contribution in [0.5, 0.6) is 0 Å². The first-order chi connectivity index (χ1) is 10.9. The van der Waals surface area contributed by atoms with Crippen LogP contribution in [0, 0.1) is 22.7 Å². The number of rotatable bonds is 3. The predicted octanol–water partition coefficient (Wildman–Crippen LogP) is 0.0510. The maximum atomic E-state index is 12.7. The first-order valence-corrected chi connectivity index (χ1v) is 6.36. The molecule has 0 spiro atoms. The molecule has 0 amide bonds. The van der Waals surface area contributed by atoms with E-state index in [-0.39, 0.29) is 11.3 Å². The van der Waals surface area contributed by atoms with Gasteiger partial charge in [0.2, 0.25) is 11.0 Å². The first-order valence-electron chi connectivity index (χ1n) is 6.36. The first kappa shape index (κ1) is 16.0. The van der Waals surface area contributed by atoms with Crippen LogP contribution in [0.4, 0.5) is 5.69 Å². The van der Waals surface area contributed by atoms with Crippen molar-refractivity contribution in [1.29, 1.82) is 10.5 Å². The van der Waals surface area contributed by atoms with Gasteiger partial charge in [-0.3, -0.25) is 9.59 Å². The Morgan fingerprint density at radius 1 is 1.09 bits per heavy atom. The van der Waals surface area contributed by atoms with Crippen LogP contribution in [0.2, 0.25) is 0 Å². The van der Waals surface area contributed by atoms with E-state index in [4.69, 9.17) is 0 Å². The van der Waals surface area contributed by atoms with Crippen LogP contribution in [0.15, 0.2) is 24.3 Å². The number of hydrogen-bond acceptors (Lipinski definition) is 8. The number of nitrogens with zero attached hydrogens (tertiary/aromatic N) is 2. The van der Waals surface area contributed by atoms with Crippen molar-refractivity contribution in [3.8, 4) is 12.1 Å². The standard InChI is InChI=1S/C15H11N3O5/c1-22-12(20)11(19)15(13(21)23-2)9-5-3-4-6-10(9)18-14(15,7-16)8-17/h3-6,18H,1-2H3. The molecule has 0 aliphatic carbocycles. The van der Waals surface area contributed by atoms with E-state index in [1.807, 2.05) is 0 Å². The molecule has 0 saturated heterocycles. The van der Waals surface area contributed by atoms with Crippen LogP contribution in [0.25, 0.3) is 0 Å². The number of nitrogens with one attached hydrogen (secondary N) is 1. The fraction of sp³-hybridized carbons (Fsp3) is 0.267. The molecule has 1 N–H and O–H groups in total. The van der Waals surface area contributed by atoms with Crippen LogP contribution in [-0.2, 0) is 29.3 Å². The molecule has 23 heavy (non-hydrogen) atoms. The van der Waals surface area contributed by atoms with Gasteiger partial charge < -0.3 is 14.8 Å².